The maximum Gasteiger partial charge on any atom is 0.270 e. The number of carbonyl (C=O) groups is 1. The van der Waals surface area contributed by atoms with Crippen LogP contribution in [0, 0.1) is 10.1 Å². The maximum absolute atomic E-state index is 11.7. The number of rotatable bonds is 7. The van der Waals surface area contributed by atoms with Crippen molar-refractivity contribution in [1.82, 2.24) is 5.43 Å². The predicted octanol–water partition coefficient (Wildman–Crippen LogP) is 1.87. The molecule has 0 atom stereocenters. The molecule has 9 heteroatoms. The summed E-state index contributed by atoms with van der Waals surface area (Å²) in [4.78, 5) is 21.8. The Bertz CT molecular complexity index is 790. The van der Waals surface area contributed by atoms with Crippen LogP contribution in [0.2, 0.25) is 0 Å². The van der Waals surface area contributed by atoms with Crippen LogP contribution >= 0.6 is 0 Å². The van der Waals surface area contributed by atoms with Gasteiger partial charge in [0.2, 0.25) is 0 Å². The van der Waals surface area contributed by atoms with Crippen LogP contribution in [0.5, 0.6) is 11.5 Å². The van der Waals surface area contributed by atoms with Crippen LogP contribution < -0.4 is 15.5 Å². The summed E-state index contributed by atoms with van der Waals surface area (Å²) in [6, 6.07) is 10.5. The first-order valence-electron chi connectivity index (χ1n) is 7.17. The molecular formula is C16H16N4O5. The number of methoxy groups -OCH3 is 1. The van der Waals surface area contributed by atoms with Gasteiger partial charge in [-0.15, -0.1) is 0 Å². The molecule has 25 heavy (non-hydrogen) atoms. The zero-order valence-corrected chi connectivity index (χ0v) is 13.3. The number of non-ortho nitro benzene ring substituents is 1. The van der Waals surface area contributed by atoms with Gasteiger partial charge in [0.1, 0.15) is 11.5 Å². The van der Waals surface area contributed by atoms with Crippen molar-refractivity contribution in [3.05, 3.63) is 58.1 Å². The second-order valence-corrected chi connectivity index (χ2v) is 4.88. The van der Waals surface area contributed by atoms with Crippen molar-refractivity contribution in [3.63, 3.8) is 0 Å². The van der Waals surface area contributed by atoms with E-state index >= 15 is 0 Å². The molecule has 0 saturated carbocycles. The zero-order valence-electron chi connectivity index (χ0n) is 13.3. The molecule has 2 aromatic rings. The number of nitro benzene ring substituents is 1. The first kappa shape index (κ1) is 17.7. The minimum atomic E-state index is -0.589. The van der Waals surface area contributed by atoms with Crippen LogP contribution in [0.25, 0.3) is 0 Å². The fourth-order valence-corrected chi connectivity index (χ4v) is 1.86. The Hall–Kier alpha value is -3.62. The smallest absolute Gasteiger partial charge is 0.270 e. The molecule has 0 bridgehead atoms. The Morgan fingerprint density at radius 1 is 1.32 bits per heavy atom. The predicted molar refractivity (Wildman–Crippen MR) is 92.0 cm³/mol. The molecule has 1 amide bonds. The van der Waals surface area contributed by atoms with E-state index < -0.39 is 10.8 Å². The van der Waals surface area contributed by atoms with E-state index in [1.165, 1.54) is 12.1 Å². The fraction of sp³-hybridized carbons (Fsp3) is 0.125. The topological polar surface area (TPSA) is 126 Å². The van der Waals surface area contributed by atoms with Crippen molar-refractivity contribution >= 4 is 23.5 Å². The van der Waals surface area contributed by atoms with Gasteiger partial charge in [0.15, 0.2) is 0 Å². The number of nitrogens with one attached hydrogen (secondary N) is 2. The number of amides is 1. The number of benzene rings is 2. The molecule has 0 unspecified atom stereocenters. The minimum Gasteiger partial charge on any atom is -0.507 e. The van der Waals surface area contributed by atoms with E-state index in [0.29, 0.717) is 5.75 Å². The highest BCUT2D eigenvalue weighted by Gasteiger charge is 2.08. The van der Waals surface area contributed by atoms with Gasteiger partial charge in [-0.2, -0.15) is 5.10 Å². The summed E-state index contributed by atoms with van der Waals surface area (Å²) in [7, 11) is 1.56. The quantitative estimate of drug-likeness (QED) is 0.400. The third-order valence-electron chi connectivity index (χ3n) is 3.16. The summed E-state index contributed by atoms with van der Waals surface area (Å²) >= 11 is 0. The normalized spacial score (nSPS) is 10.4. The van der Waals surface area contributed by atoms with E-state index in [9.17, 15) is 20.0 Å². The SMILES string of the molecule is COc1ccc(NCC(=O)NN=Cc2cc([N+](=O)[O-])ccc2O)cc1. The average molecular weight is 344 g/mol. The molecule has 0 aliphatic carbocycles. The van der Waals surface area contributed by atoms with Crippen molar-refractivity contribution < 1.29 is 19.6 Å². The number of hydrogen-bond acceptors (Lipinski definition) is 7. The van der Waals surface area contributed by atoms with E-state index in [2.05, 4.69) is 15.8 Å². The van der Waals surface area contributed by atoms with Gasteiger partial charge in [-0.25, -0.2) is 5.43 Å². The van der Waals surface area contributed by atoms with Gasteiger partial charge in [-0.3, -0.25) is 14.9 Å². The van der Waals surface area contributed by atoms with E-state index in [1.807, 2.05) is 0 Å². The zero-order chi connectivity index (χ0) is 18.2. The third kappa shape index (κ3) is 5.20. The molecule has 0 saturated heterocycles. The Balaban J connectivity index is 1.87. The first-order valence-corrected chi connectivity index (χ1v) is 7.17. The Morgan fingerprint density at radius 3 is 2.68 bits per heavy atom. The molecule has 9 nitrogen and oxygen atoms in total. The Morgan fingerprint density at radius 2 is 2.04 bits per heavy atom. The minimum absolute atomic E-state index is 0.0232. The van der Waals surface area contributed by atoms with Crippen molar-refractivity contribution in [1.29, 1.82) is 0 Å². The van der Waals surface area contributed by atoms with Gasteiger partial charge in [0.25, 0.3) is 11.6 Å². The Labute approximate surface area is 143 Å². The number of carbonyl (C=O) groups excluding carboxylic acids is 1. The highest BCUT2D eigenvalue weighted by molar-refractivity contribution is 5.86. The number of phenols is 1. The largest absolute Gasteiger partial charge is 0.507 e. The van der Waals surface area contributed by atoms with E-state index in [4.69, 9.17) is 4.74 Å². The number of anilines is 1. The lowest BCUT2D eigenvalue weighted by Gasteiger charge is -2.06. The summed E-state index contributed by atoms with van der Waals surface area (Å²) in [5, 5.41) is 26.9. The van der Waals surface area contributed by atoms with Crippen molar-refractivity contribution in [2.45, 2.75) is 0 Å². The molecule has 2 rings (SSSR count). The first-order chi connectivity index (χ1) is 12.0. The van der Waals surface area contributed by atoms with E-state index in [1.54, 1.807) is 31.4 Å². The number of hydrazone groups is 1. The summed E-state index contributed by atoms with van der Waals surface area (Å²) in [5.41, 5.74) is 2.93. The number of ether oxygens (including phenoxy) is 1. The molecule has 0 heterocycles. The van der Waals surface area contributed by atoms with Gasteiger partial charge in [0.05, 0.1) is 24.8 Å². The van der Waals surface area contributed by atoms with Gasteiger partial charge >= 0.3 is 0 Å². The van der Waals surface area contributed by atoms with Gasteiger partial charge < -0.3 is 15.2 Å². The van der Waals surface area contributed by atoms with E-state index in [0.717, 1.165) is 18.0 Å². The van der Waals surface area contributed by atoms with Crippen molar-refractivity contribution in [3.8, 4) is 11.5 Å². The van der Waals surface area contributed by atoms with Crippen LogP contribution in [0.4, 0.5) is 11.4 Å². The number of hydrogen-bond donors (Lipinski definition) is 3. The number of aromatic hydroxyl groups is 1. The molecule has 3 N–H and O–H groups in total. The maximum atomic E-state index is 11.7. The lowest BCUT2D eigenvalue weighted by molar-refractivity contribution is -0.384. The number of nitro groups is 1. The van der Waals surface area contributed by atoms with Crippen LogP contribution in [0.1, 0.15) is 5.56 Å². The van der Waals surface area contributed by atoms with Gasteiger partial charge in [-0.1, -0.05) is 0 Å². The highest BCUT2D eigenvalue weighted by Crippen LogP contribution is 2.21. The van der Waals surface area contributed by atoms with Crippen LogP contribution in [-0.2, 0) is 4.79 Å². The van der Waals surface area contributed by atoms with Crippen LogP contribution in [-0.4, -0.2) is 35.8 Å². The van der Waals surface area contributed by atoms with Crippen LogP contribution in [0.3, 0.4) is 0 Å². The standard InChI is InChI=1S/C16H16N4O5/c1-25-14-5-2-12(3-6-14)17-10-16(22)19-18-9-11-8-13(20(23)24)4-7-15(11)21/h2-9,17,21H,10H2,1H3,(H,19,22). The summed E-state index contributed by atoms with van der Waals surface area (Å²) in [6.07, 6.45) is 1.13. The van der Waals surface area contributed by atoms with E-state index in [-0.39, 0.29) is 23.5 Å². The van der Waals surface area contributed by atoms with Crippen molar-refractivity contribution in [2.75, 3.05) is 19.0 Å². The fourth-order valence-electron chi connectivity index (χ4n) is 1.86. The molecule has 0 aliphatic heterocycles. The lowest BCUT2D eigenvalue weighted by atomic mass is 10.2. The summed E-state index contributed by atoms with van der Waals surface area (Å²) in [6.45, 7) is -0.0232. The number of nitrogens with zero attached hydrogens (tertiary/aromatic N) is 2. The molecule has 2 aromatic carbocycles. The second-order valence-electron chi connectivity index (χ2n) is 4.88. The molecule has 130 valence electrons. The Kier molecular flexibility index (Phi) is 5.88. The number of phenolic OH excluding ortho intramolecular Hbond substituents is 1. The summed E-state index contributed by atoms with van der Waals surface area (Å²) < 4.78 is 5.03. The molecule has 0 aliphatic rings. The highest BCUT2D eigenvalue weighted by atomic mass is 16.6. The molecule has 0 spiro atoms. The van der Waals surface area contributed by atoms with Gasteiger partial charge in [-0.05, 0) is 30.3 Å². The average Bonchev–Trinajstić information content (AvgIpc) is 2.61. The van der Waals surface area contributed by atoms with Gasteiger partial charge in [0, 0.05) is 23.4 Å². The lowest BCUT2D eigenvalue weighted by Crippen LogP contribution is -2.25. The van der Waals surface area contributed by atoms with Crippen LogP contribution in [0.15, 0.2) is 47.6 Å². The summed E-state index contributed by atoms with van der Waals surface area (Å²) in [5.74, 6) is 0.105. The molecule has 0 aromatic heterocycles. The van der Waals surface area contributed by atoms with Crippen molar-refractivity contribution in [2.24, 2.45) is 5.10 Å². The second kappa shape index (κ2) is 8.29. The monoisotopic (exact) mass is 344 g/mol. The third-order valence-corrected chi connectivity index (χ3v) is 3.16. The molecule has 0 radical (unpaired) electrons. The molecule has 0 fully saturated rings. The molecular weight excluding hydrogens is 328 g/mol.